The first kappa shape index (κ1) is 17.3. The molecule has 25 heavy (non-hydrogen) atoms. The lowest BCUT2D eigenvalue weighted by Gasteiger charge is -2.25. The molecule has 1 saturated carbocycles. The number of nitrogens with two attached hydrogens (primary N) is 1. The second-order valence-corrected chi connectivity index (χ2v) is 6.83. The number of amides is 1. The number of benzene rings is 2. The van der Waals surface area contributed by atoms with E-state index in [-0.39, 0.29) is 11.9 Å². The lowest BCUT2D eigenvalue weighted by atomic mass is 9.81. The fourth-order valence-corrected chi connectivity index (χ4v) is 3.53. The molecule has 1 aliphatic rings. The number of nitrogens with one attached hydrogen (secondary N) is 1. The lowest BCUT2D eigenvalue weighted by Crippen LogP contribution is -2.33. The first-order valence-electron chi connectivity index (χ1n) is 8.85. The summed E-state index contributed by atoms with van der Waals surface area (Å²) in [4.78, 5) is 29.6. The minimum absolute atomic E-state index is 0.213. The molecule has 0 aromatic heterocycles. The topological polar surface area (TPSA) is 81.4 Å². The largest absolute Gasteiger partial charge is 0.398 e. The quantitative estimate of drug-likeness (QED) is 0.657. The van der Waals surface area contributed by atoms with Crippen molar-refractivity contribution >= 4 is 28.3 Å². The van der Waals surface area contributed by atoms with Crippen LogP contribution in [-0.2, 0) is 9.63 Å². The molecule has 0 spiro atoms. The van der Waals surface area contributed by atoms with Gasteiger partial charge in [0.1, 0.15) is 0 Å². The van der Waals surface area contributed by atoms with E-state index in [2.05, 4.69) is 5.48 Å². The van der Waals surface area contributed by atoms with Gasteiger partial charge in [0, 0.05) is 5.69 Å². The SMILES string of the molecule is C[C@H](C(=O)ONC(=O)c1cc2ccccc2cc1N)C1CCCCC1. The second kappa shape index (κ2) is 7.55. The highest BCUT2D eigenvalue weighted by atomic mass is 16.7. The number of carbonyl (C=O) groups excluding carboxylic acids is 2. The Morgan fingerprint density at radius 1 is 1.12 bits per heavy atom. The summed E-state index contributed by atoms with van der Waals surface area (Å²) in [5, 5.41) is 1.86. The minimum atomic E-state index is -0.507. The first-order chi connectivity index (χ1) is 12.1. The first-order valence-corrected chi connectivity index (χ1v) is 8.85. The van der Waals surface area contributed by atoms with Gasteiger partial charge in [-0.2, -0.15) is 5.48 Å². The molecule has 0 radical (unpaired) electrons. The van der Waals surface area contributed by atoms with E-state index < -0.39 is 5.91 Å². The Kier molecular flexibility index (Phi) is 5.22. The van der Waals surface area contributed by atoms with Gasteiger partial charge in [-0.15, -0.1) is 0 Å². The highest BCUT2D eigenvalue weighted by molar-refractivity contribution is 6.03. The highest BCUT2D eigenvalue weighted by Gasteiger charge is 2.27. The van der Waals surface area contributed by atoms with Crippen molar-refractivity contribution in [1.82, 2.24) is 5.48 Å². The number of rotatable bonds is 3. The van der Waals surface area contributed by atoms with Crippen molar-refractivity contribution in [2.24, 2.45) is 11.8 Å². The number of carbonyl (C=O) groups is 2. The number of hydrogen-bond donors (Lipinski definition) is 2. The summed E-state index contributed by atoms with van der Waals surface area (Å²) in [7, 11) is 0. The van der Waals surface area contributed by atoms with Crippen LogP contribution in [0.4, 0.5) is 5.69 Å². The normalized spacial score (nSPS) is 16.4. The Hall–Kier alpha value is -2.56. The van der Waals surface area contributed by atoms with Crippen LogP contribution < -0.4 is 11.2 Å². The number of nitrogen functional groups attached to an aromatic ring is 1. The Balaban J connectivity index is 1.64. The van der Waals surface area contributed by atoms with Gasteiger partial charge in [0.05, 0.1) is 11.5 Å². The molecular weight excluding hydrogens is 316 g/mol. The van der Waals surface area contributed by atoms with Crippen molar-refractivity contribution in [2.75, 3.05) is 5.73 Å². The van der Waals surface area contributed by atoms with E-state index in [1.54, 1.807) is 12.1 Å². The Morgan fingerprint density at radius 3 is 2.44 bits per heavy atom. The van der Waals surface area contributed by atoms with Crippen LogP contribution in [-0.4, -0.2) is 11.9 Å². The van der Waals surface area contributed by atoms with Gasteiger partial charge >= 0.3 is 5.97 Å². The summed E-state index contributed by atoms with van der Waals surface area (Å²) >= 11 is 0. The molecule has 132 valence electrons. The second-order valence-electron chi connectivity index (χ2n) is 6.83. The molecule has 1 aliphatic carbocycles. The third kappa shape index (κ3) is 3.92. The average Bonchev–Trinajstić information content (AvgIpc) is 2.65. The van der Waals surface area contributed by atoms with Crippen molar-refractivity contribution < 1.29 is 14.4 Å². The average molecular weight is 340 g/mol. The molecule has 2 aromatic rings. The van der Waals surface area contributed by atoms with Crippen LogP contribution in [0.15, 0.2) is 36.4 Å². The van der Waals surface area contributed by atoms with E-state index >= 15 is 0 Å². The summed E-state index contributed by atoms with van der Waals surface area (Å²) in [6.07, 6.45) is 5.63. The predicted molar refractivity (Wildman–Crippen MR) is 97.7 cm³/mol. The fraction of sp³-hybridized carbons (Fsp3) is 0.400. The van der Waals surface area contributed by atoms with Crippen LogP contribution in [0.25, 0.3) is 10.8 Å². The van der Waals surface area contributed by atoms with Gasteiger partial charge in [-0.05, 0) is 41.7 Å². The third-order valence-electron chi connectivity index (χ3n) is 5.14. The molecule has 1 atom stereocenters. The summed E-state index contributed by atoms with van der Waals surface area (Å²) in [6, 6.07) is 11.1. The predicted octanol–water partition coefficient (Wildman–Crippen LogP) is 3.83. The van der Waals surface area contributed by atoms with Crippen molar-refractivity contribution in [3.63, 3.8) is 0 Å². The highest BCUT2D eigenvalue weighted by Crippen LogP contribution is 2.30. The molecule has 0 heterocycles. The standard InChI is InChI=1S/C20H24N2O3/c1-13(14-7-3-2-4-8-14)20(24)25-22-19(23)17-11-15-9-5-6-10-16(15)12-18(17)21/h5-6,9-14H,2-4,7-8,21H2,1H3,(H,22,23)/t13-/m0/s1. The smallest absolute Gasteiger partial charge is 0.335 e. The van der Waals surface area contributed by atoms with Crippen LogP contribution >= 0.6 is 0 Å². The van der Waals surface area contributed by atoms with Gasteiger partial charge in [-0.25, -0.2) is 4.79 Å². The maximum atomic E-state index is 12.3. The number of hydrogen-bond acceptors (Lipinski definition) is 4. The van der Waals surface area contributed by atoms with Gasteiger partial charge in [0.15, 0.2) is 0 Å². The van der Waals surface area contributed by atoms with Gasteiger partial charge < -0.3 is 10.6 Å². The molecular formula is C20H24N2O3. The number of fused-ring (bicyclic) bond motifs is 1. The van der Waals surface area contributed by atoms with Crippen LogP contribution in [0, 0.1) is 11.8 Å². The van der Waals surface area contributed by atoms with E-state index in [0.29, 0.717) is 17.2 Å². The molecule has 5 heteroatoms. The lowest BCUT2D eigenvalue weighted by molar-refractivity contribution is -0.155. The van der Waals surface area contributed by atoms with Crippen LogP contribution in [0.3, 0.4) is 0 Å². The van der Waals surface area contributed by atoms with E-state index in [1.165, 1.54) is 6.42 Å². The molecule has 3 rings (SSSR count). The van der Waals surface area contributed by atoms with Crippen molar-refractivity contribution in [1.29, 1.82) is 0 Å². The zero-order valence-corrected chi connectivity index (χ0v) is 14.5. The van der Waals surface area contributed by atoms with Gasteiger partial charge in [-0.3, -0.25) is 4.79 Å². The maximum Gasteiger partial charge on any atom is 0.335 e. The zero-order chi connectivity index (χ0) is 17.8. The number of anilines is 1. The molecule has 0 bridgehead atoms. The molecule has 0 aliphatic heterocycles. The maximum absolute atomic E-state index is 12.3. The summed E-state index contributed by atoms with van der Waals surface area (Å²) in [5.74, 6) is -0.773. The van der Waals surface area contributed by atoms with Crippen LogP contribution in [0.2, 0.25) is 0 Å². The van der Waals surface area contributed by atoms with Gasteiger partial charge in [0.25, 0.3) is 5.91 Å². The fourth-order valence-electron chi connectivity index (χ4n) is 3.53. The molecule has 1 fully saturated rings. The van der Waals surface area contributed by atoms with E-state index in [4.69, 9.17) is 10.6 Å². The molecule has 1 amide bonds. The summed E-state index contributed by atoms with van der Waals surface area (Å²) < 4.78 is 0. The molecule has 5 nitrogen and oxygen atoms in total. The van der Waals surface area contributed by atoms with E-state index in [9.17, 15) is 9.59 Å². The molecule has 0 saturated heterocycles. The molecule has 3 N–H and O–H groups in total. The summed E-state index contributed by atoms with van der Waals surface area (Å²) in [5.41, 5.74) is 8.88. The van der Waals surface area contributed by atoms with E-state index in [1.807, 2.05) is 31.2 Å². The van der Waals surface area contributed by atoms with Crippen LogP contribution in [0.1, 0.15) is 49.4 Å². The van der Waals surface area contributed by atoms with Gasteiger partial charge in [0.2, 0.25) is 0 Å². The number of hydroxylamine groups is 1. The minimum Gasteiger partial charge on any atom is -0.398 e. The van der Waals surface area contributed by atoms with Crippen molar-refractivity contribution in [3.8, 4) is 0 Å². The zero-order valence-electron chi connectivity index (χ0n) is 14.5. The van der Waals surface area contributed by atoms with Crippen molar-refractivity contribution in [2.45, 2.75) is 39.0 Å². The van der Waals surface area contributed by atoms with Crippen LogP contribution in [0.5, 0.6) is 0 Å². The molecule has 2 aromatic carbocycles. The monoisotopic (exact) mass is 340 g/mol. The van der Waals surface area contributed by atoms with Gasteiger partial charge in [-0.1, -0.05) is 50.5 Å². The van der Waals surface area contributed by atoms with E-state index in [0.717, 1.165) is 36.5 Å². The third-order valence-corrected chi connectivity index (χ3v) is 5.14. The Labute approximate surface area is 147 Å². The summed E-state index contributed by atoms with van der Waals surface area (Å²) in [6.45, 7) is 1.87. The van der Waals surface area contributed by atoms with Crippen molar-refractivity contribution in [3.05, 3.63) is 42.0 Å². The Morgan fingerprint density at radius 2 is 1.76 bits per heavy atom. The molecule has 0 unspecified atom stereocenters. The Bertz CT molecular complexity index is 782.